The van der Waals surface area contributed by atoms with E-state index in [4.69, 9.17) is 4.74 Å². The molecule has 2 heterocycles. The van der Waals surface area contributed by atoms with E-state index >= 15 is 0 Å². The summed E-state index contributed by atoms with van der Waals surface area (Å²) in [5.41, 5.74) is 1.15. The quantitative estimate of drug-likeness (QED) is 0.764. The third kappa shape index (κ3) is 4.33. The van der Waals surface area contributed by atoms with E-state index < -0.39 is 0 Å². The standard InChI is InChI=1S/C13H22N4O2/c1-11-7-15-17(9-11)4-3-14-8-13(18)16-5-6-19-12(2)10-16/h7,9,12,14H,3-6,8,10H2,1-2H3/t12-/m0/s1. The SMILES string of the molecule is Cc1cnn(CCNCC(=O)N2CCO[C@@H](C)C2)c1. The number of aromatic nitrogens is 2. The van der Waals surface area contributed by atoms with E-state index in [1.807, 2.05) is 35.8 Å². The maximum atomic E-state index is 11.9. The molecule has 1 saturated heterocycles. The molecular formula is C13H22N4O2. The zero-order chi connectivity index (χ0) is 13.7. The van der Waals surface area contributed by atoms with Crippen molar-refractivity contribution in [1.29, 1.82) is 0 Å². The van der Waals surface area contributed by atoms with Gasteiger partial charge in [0, 0.05) is 25.8 Å². The molecule has 0 bridgehead atoms. The third-order valence-electron chi connectivity index (χ3n) is 3.15. The summed E-state index contributed by atoms with van der Waals surface area (Å²) in [4.78, 5) is 13.8. The first-order valence-electron chi connectivity index (χ1n) is 6.74. The number of carbonyl (C=O) groups is 1. The lowest BCUT2D eigenvalue weighted by molar-refractivity contribution is -0.137. The molecule has 1 N–H and O–H groups in total. The highest BCUT2D eigenvalue weighted by Gasteiger charge is 2.20. The number of carbonyl (C=O) groups excluding carboxylic acids is 1. The fraction of sp³-hybridized carbons (Fsp3) is 0.692. The molecule has 1 fully saturated rings. The van der Waals surface area contributed by atoms with Crippen molar-refractivity contribution < 1.29 is 9.53 Å². The Morgan fingerprint density at radius 3 is 3.16 bits per heavy atom. The van der Waals surface area contributed by atoms with E-state index in [1.54, 1.807) is 0 Å². The second-order valence-electron chi connectivity index (χ2n) is 4.98. The number of ether oxygens (including phenoxy) is 1. The van der Waals surface area contributed by atoms with Crippen LogP contribution in [0.3, 0.4) is 0 Å². The van der Waals surface area contributed by atoms with E-state index in [9.17, 15) is 4.79 Å². The van der Waals surface area contributed by atoms with Crippen LogP contribution in [-0.2, 0) is 16.1 Å². The molecule has 19 heavy (non-hydrogen) atoms. The molecule has 0 spiro atoms. The van der Waals surface area contributed by atoms with Gasteiger partial charge in [-0.2, -0.15) is 5.10 Å². The van der Waals surface area contributed by atoms with E-state index in [1.165, 1.54) is 0 Å². The van der Waals surface area contributed by atoms with Gasteiger partial charge in [0.05, 0.1) is 32.0 Å². The molecule has 0 unspecified atom stereocenters. The van der Waals surface area contributed by atoms with Gasteiger partial charge in [-0.25, -0.2) is 0 Å². The molecule has 1 amide bonds. The Morgan fingerprint density at radius 2 is 2.47 bits per heavy atom. The molecule has 0 saturated carbocycles. The van der Waals surface area contributed by atoms with E-state index in [0.717, 1.165) is 18.7 Å². The summed E-state index contributed by atoms with van der Waals surface area (Å²) < 4.78 is 7.30. The van der Waals surface area contributed by atoms with Gasteiger partial charge in [0.15, 0.2) is 0 Å². The van der Waals surface area contributed by atoms with Crippen molar-refractivity contribution in [2.75, 3.05) is 32.8 Å². The third-order valence-corrected chi connectivity index (χ3v) is 3.15. The number of hydrogen-bond acceptors (Lipinski definition) is 4. The number of rotatable bonds is 5. The Hall–Kier alpha value is -1.40. The van der Waals surface area contributed by atoms with Crippen LogP contribution in [0.15, 0.2) is 12.4 Å². The fourth-order valence-corrected chi connectivity index (χ4v) is 2.13. The van der Waals surface area contributed by atoms with E-state index in [2.05, 4.69) is 10.4 Å². The average molecular weight is 266 g/mol. The minimum absolute atomic E-state index is 0.143. The van der Waals surface area contributed by atoms with Gasteiger partial charge in [-0.3, -0.25) is 9.48 Å². The Balaban J connectivity index is 1.63. The minimum atomic E-state index is 0.143. The Kier molecular flexibility index (Phi) is 4.93. The lowest BCUT2D eigenvalue weighted by Gasteiger charge is -2.31. The zero-order valence-corrected chi connectivity index (χ0v) is 11.6. The molecule has 106 valence electrons. The summed E-state index contributed by atoms with van der Waals surface area (Å²) in [5, 5.41) is 7.36. The molecule has 0 aliphatic carbocycles. The van der Waals surface area contributed by atoms with Crippen LogP contribution in [0.2, 0.25) is 0 Å². The van der Waals surface area contributed by atoms with E-state index in [-0.39, 0.29) is 12.0 Å². The highest BCUT2D eigenvalue weighted by Crippen LogP contribution is 2.03. The van der Waals surface area contributed by atoms with Crippen molar-refractivity contribution in [3.05, 3.63) is 18.0 Å². The van der Waals surface area contributed by atoms with Gasteiger partial charge in [-0.1, -0.05) is 0 Å². The van der Waals surface area contributed by atoms with Crippen molar-refractivity contribution in [3.8, 4) is 0 Å². The predicted octanol–water partition coefficient (Wildman–Crippen LogP) is 0.0284. The summed E-state index contributed by atoms with van der Waals surface area (Å²) in [6, 6.07) is 0. The van der Waals surface area contributed by atoms with E-state index in [0.29, 0.717) is 26.2 Å². The summed E-state index contributed by atoms with van der Waals surface area (Å²) >= 11 is 0. The lowest BCUT2D eigenvalue weighted by Crippen LogP contribution is -2.47. The molecule has 1 aromatic heterocycles. The maximum Gasteiger partial charge on any atom is 0.236 e. The molecule has 1 aliphatic heterocycles. The lowest BCUT2D eigenvalue weighted by atomic mass is 10.3. The van der Waals surface area contributed by atoms with Crippen LogP contribution in [0, 0.1) is 6.92 Å². The number of nitrogens with zero attached hydrogens (tertiary/aromatic N) is 3. The Labute approximate surface area is 113 Å². The van der Waals surface area contributed by atoms with Crippen molar-refractivity contribution in [2.45, 2.75) is 26.5 Å². The predicted molar refractivity (Wildman–Crippen MR) is 71.8 cm³/mol. The molecule has 6 nitrogen and oxygen atoms in total. The van der Waals surface area contributed by atoms with Crippen molar-refractivity contribution in [1.82, 2.24) is 20.0 Å². The maximum absolute atomic E-state index is 11.9. The smallest absolute Gasteiger partial charge is 0.236 e. The second-order valence-corrected chi connectivity index (χ2v) is 4.98. The van der Waals surface area contributed by atoms with Crippen LogP contribution in [0.1, 0.15) is 12.5 Å². The monoisotopic (exact) mass is 266 g/mol. The van der Waals surface area contributed by atoms with Crippen LogP contribution >= 0.6 is 0 Å². The molecule has 1 atom stereocenters. The molecule has 0 aromatic carbocycles. The molecular weight excluding hydrogens is 244 g/mol. The summed E-state index contributed by atoms with van der Waals surface area (Å²) in [5.74, 6) is 0.145. The van der Waals surface area contributed by atoms with Crippen molar-refractivity contribution in [3.63, 3.8) is 0 Å². The number of nitrogens with one attached hydrogen (secondary N) is 1. The number of aryl methyl sites for hydroxylation is 1. The highest BCUT2D eigenvalue weighted by molar-refractivity contribution is 5.78. The van der Waals surface area contributed by atoms with Gasteiger partial charge in [-0.05, 0) is 19.4 Å². The first kappa shape index (κ1) is 14.0. The highest BCUT2D eigenvalue weighted by atomic mass is 16.5. The molecule has 6 heteroatoms. The average Bonchev–Trinajstić information content (AvgIpc) is 2.80. The topological polar surface area (TPSA) is 59.4 Å². The van der Waals surface area contributed by atoms with Crippen molar-refractivity contribution >= 4 is 5.91 Å². The van der Waals surface area contributed by atoms with Gasteiger partial charge >= 0.3 is 0 Å². The molecule has 0 radical (unpaired) electrons. The van der Waals surface area contributed by atoms with Gasteiger partial charge in [0.25, 0.3) is 0 Å². The van der Waals surface area contributed by atoms with Gasteiger partial charge in [-0.15, -0.1) is 0 Å². The fourth-order valence-electron chi connectivity index (χ4n) is 2.13. The molecule has 1 aliphatic rings. The van der Waals surface area contributed by atoms with Gasteiger partial charge in [0.2, 0.25) is 5.91 Å². The van der Waals surface area contributed by atoms with Crippen LogP contribution < -0.4 is 5.32 Å². The molecule has 1 aromatic rings. The van der Waals surface area contributed by atoms with Crippen molar-refractivity contribution in [2.24, 2.45) is 0 Å². The summed E-state index contributed by atoms with van der Waals surface area (Å²) in [6.07, 6.45) is 3.97. The zero-order valence-electron chi connectivity index (χ0n) is 11.6. The van der Waals surface area contributed by atoms with Gasteiger partial charge < -0.3 is 15.0 Å². The van der Waals surface area contributed by atoms with Crippen LogP contribution in [0.5, 0.6) is 0 Å². The first-order chi connectivity index (χ1) is 9.15. The summed E-state index contributed by atoms with van der Waals surface area (Å²) in [6.45, 7) is 7.94. The normalized spacial score (nSPS) is 19.7. The summed E-state index contributed by atoms with van der Waals surface area (Å²) in [7, 11) is 0. The Morgan fingerprint density at radius 1 is 1.63 bits per heavy atom. The minimum Gasteiger partial charge on any atom is -0.375 e. The van der Waals surface area contributed by atoms with Crippen LogP contribution in [-0.4, -0.2) is 59.5 Å². The first-order valence-corrected chi connectivity index (χ1v) is 6.74. The van der Waals surface area contributed by atoms with Gasteiger partial charge in [0.1, 0.15) is 0 Å². The Bertz CT molecular complexity index is 419. The number of hydrogen-bond donors (Lipinski definition) is 1. The largest absolute Gasteiger partial charge is 0.375 e. The number of morpholine rings is 1. The molecule has 2 rings (SSSR count). The second kappa shape index (κ2) is 6.68. The van der Waals surface area contributed by atoms with Crippen LogP contribution in [0.25, 0.3) is 0 Å². The van der Waals surface area contributed by atoms with Crippen LogP contribution in [0.4, 0.5) is 0 Å². The number of amides is 1.